The Labute approximate surface area is 78.8 Å². The second-order valence-corrected chi connectivity index (χ2v) is 3.42. The predicted molar refractivity (Wildman–Crippen MR) is 52.9 cm³/mol. The minimum Gasteiger partial charge on any atom is -0.357 e. The van der Waals surface area contributed by atoms with Gasteiger partial charge in [0, 0.05) is 24.8 Å². The largest absolute Gasteiger partial charge is 0.357 e. The zero-order valence-corrected chi connectivity index (χ0v) is 8.03. The molecule has 0 N–H and O–H groups in total. The molecule has 0 aromatic carbocycles. The van der Waals surface area contributed by atoms with Gasteiger partial charge in [0.05, 0.1) is 0 Å². The van der Waals surface area contributed by atoms with Crippen LogP contribution in [-0.4, -0.2) is 23.1 Å². The Hall–Kier alpha value is -1.12. The maximum absolute atomic E-state index is 4.28. The van der Waals surface area contributed by atoms with E-state index >= 15 is 0 Å². The lowest BCUT2D eigenvalue weighted by Crippen LogP contribution is -2.19. The molecule has 2 rings (SSSR count). The molecular formula is C10H15N3. The zero-order valence-electron chi connectivity index (χ0n) is 8.03. The zero-order chi connectivity index (χ0) is 9.10. The first-order chi connectivity index (χ1) is 6.40. The molecule has 0 saturated carbocycles. The van der Waals surface area contributed by atoms with Crippen LogP contribution >= 0.6 is 0 Å². The van der Waals surface area contributed by atoms with Crippen LogP contribution in [0.5, 0.6) is 0 Å². The Morgan fingerprint density at radius 1 is 1.31 bits per heavy atom. The molecule has 1 aromatic rings. The van der Waals surface area contributed by atoms with Crippen molar-refractivity contribution >= 4 is 5.82 Å². The lowest BCUT2D eigenvalue weighted by atomic mass is 10.3. The molecule has 2 heterocycles. The van der Waals surface area contributed by atoms with Crippen LogP contribution in [-0.2, 0) is 6.42 Å². The Morgan fingerprint density at radius 3 is 2.77 bits per heavy atom. The Bertz CT molecular complexity index is 279. The molecule has 0 spiro atoms. The van der Waals surface area contributed by atoms with Crippen molar-refractivity contribution in [2.24, 2.45) is 0 Å². The summed E-state index contributed by atoms with van der Waals surface area (Å²) in [5.74, 6) is 1.10. The highest BCUT2D eigenvalue weighted by atomic mass is 15.2. The maximum atomic E-state index is 4.28. The van der Waals surface area contributed by atoms with E-state index < -0.39 is 0 Å². The highest BCUT2D eigenvalue weighted by Crippen LogP contribution is 2.17. The minimum absolute atomic E-state index is 0.989. The second-order valence-electron chi connectivity index (χ2n) is 3.42. The molecule has 0 atom stereocenters. The van der Waals surface area contributed by atoms with Gasteiger partial charge in [0.25, 0.3) is 0 Å². The van der Waals surface area contributed by atoms with Gasteiger partial charge in [-0.1, -0.05) is 6.92 Å². The molecular weight excluding hydrogens is 162 g/mol. The maximum Gasteiger partial charge on any atom is 0.132 e. The third-order valence-corrected chi connectivity index (χ3v) is 2.50. The van der Waals surface area contributed by atoms with Gasteiger partial charge in [-0.15, -0.1) is 0 Å². The summed E-state index contributed by atoms with van der Waals surface area (Å²) in [5.41, 5.74) is 1.14. The highest BCUT2D eigenvalue weighted by molar-refractivity contribution is 5.39. The molecule has 70 valence electrons. The van der Waals surface area contributed by atoms with Crippen molar-refractivity contribution in [1.29, 1.82) is 0 Å². The summed E-state index contributed by atoms with van der Waals surface area (Å²) >= 11 is 0. The molecule has 13 heavy (non-hydrogen) atoms. The summed E-state index contributed by atoms with van der Waals surface area (Å²) in [6.07, 6.45) is 5.26. The van der Waals surface area contributed by atoms with Gasteiger partial charge in [-0.05, 0) is 19.3 Å². The smallest absolute Gasteiger partial charge is 0.132 e. The number of aryl methyl sites for hydroxylation is 1. The fourth-order valence-corrected chi connectivity index (χ4v) is 1.70. The molecule has 1 fully saturated rings. The van der Waals surface area contributed by atoms with Crippen LogP contribution in [0.4, 0.5) is 5.82 Å². The van der Waals surface area contributed by atoms with Crippen LogP contribution in [0, 0.1) is 0 Å². The molecule has 3 nitrogen and oxygen atoms in total. The Kier molecular flexibility index (Phi) is 2.43. The van der Waals surface area contributed by atoms with Gasteiger partial charge in [0.2, 0.25) is 0 Å². The normalized spacial score (nSPS) is 16.5. The first-order valence-electron chi connectivity index (χ1n) is 4.96. The van der Waals surface area contributed by atoms with Crippen LogP contribution in [0.2, 0.25) is 0 Å². The SMILES string of the molecule is CCc1cc(N2CCCC2)ncn1. The molecule has 0 bridgehead atoms. The topological polar surface area (TPSA) is 29.0 Å². The molecule has 1 aliphatic rings. The van der Waals surface area contributed by atoms with Gasteiger partial charge < -0.3 is 4.90 Å². The van der Waals surface area contributed by atoms with Gasteiger partial charge in [-0.25, -0.2) is 9.97 Å². The quantitative estimate of drug-likeness (QED) is 0.687. The summed E-state index contributed by atoms with van der Waals surface area (Å²) in [6, 6.07) is 2.10. The van der Waals surface area contributed by atoms with Crippen molar-refractivity contribution in [3.8, 4) is 0 Å². The molecule has 0 unspecified atom stereocenters. The molecule has 1 saturated heterocycles. The van der Waals surface area contributed by atoms with E-state index in [0.29, 0.717) is 0 Å². The lowest BCUT2D eigenvalue weighted by Gasteiger charge is -2.15. The van der Waals surface area contributed by atoms with Crippen LogP contribution in [0.15, 0.2) is 12.4 Å². The van der Waals surface area contributed by atoms with E-state index in [1.165, 1.54) is 12.8 Å². The van der Waals surface area contributed by atoms with E-state index in [-0.39, 0.29) is 0 Å². The van der Waals surface area contributed by atoms with E-state index in [2.05, 4.69) is 27.9 Å². The summed E-state index contributed by atoms with van der Waals surface area (Å²) in [4.78, 5) is 10.8. The third kappa shape index (κ3) is 1.79. The van der Waals surface area contributed by atoms with Crippen LogP contribution < -0.4 is 4.90 Å². The van der Waals surface area contributed by atoms with Gasteiger partial charge in [0.1, 0.15) is 12.1 Å². The molecule has 0 amide bonds. The standard InChI is InChI=1S/C10H15N3/c1-2-9-7-10(12-8-11-9)13-5-3-4-6-13/h7-8H,2-6H2,1H3. The number of aromatic nitrogens is 2. The fourth-order valence-electron chi connectivity index (χ4n) is 1.70. The van der Waals surface area contributed by atoms with E-state index in [0.717, 1.165) is 31.0 Å². The van der Waals surface area contributed by atoms with Crippen molar-refractivity contribution in [2.45, 2.75) is 26.2 Å². The third-order valence-electron chi connectivity index (χ3n) is 2.50. The predicted octanol–water partition coefficient (Wildman–Crippen LogP) is 1.64. The van der Waals surface area contributed by atoms with Gasteiger partial charge in [0.15, 0.2) is 0 Å². The van der Waals surface area contributed by atoms with Crippen LogP contribution in [0.3, 0.4) is 0 Å². The van der Waals surface area contributed by atoms with Crippen molar-refractivity contribution in [3.05, 3.63) is 18.1 Å². The van der Waals surface area contributed by atoms with Crippen molar-refractivity contribution in [3.63, 3.8) is 0 Å². The van der Waals surface area contributed by atoms with Crippen molar-refractivity contribution in [1.82, 2.24) is 9.97 Å². The second kappa shape index (κ2) is 3.73. The summed E-state index contributed by atoms with van der Waals surface area (Å²) in [5, 5.41) is 0. The van der Waals surface area contributed by atoms with Crippen LogP contribution in [0.1, 0.15) is 25.5 Å². The van der Waals surface area contributed by atoms with E-state index in [1.807, 2.05) is 0 Å². The average Bonchev–Trinajstić information content (AvgIpc) is 2.71. The van der Waals surface area contributed by atoms with Gasteiger partial charge in [-0.3, -0.25) is 0 Å². The Balaban J connectivity index is 2.18. The van der Waals surface area contributed by atoms with Gasteiger partial charge >= 0.3 is 0 Å². The highest BCUT2D eigenvalue weighted by Gasteiger charge is 2.13. The first kappa shape index (κ1) is 8.48. The van der Waals surface area contributed by atoms with E-state index in [4.69, 9.17) is 0 Å². The summed E-state index contributed by atoms with van der Waals surface area (Å²) in [7, 11) is 0. The molecule has 0 aliphatic carbocycles. The van der Waals surface area contributed by atoms with Crippen molar-refractivity contribution < 1.29 is 0 Å². The Morgan fingerprint density at radius 2 is 2.08 bits per heavy atom. The molecule has 1 aromatic heterocycles. The number of rotatable bonds is 2. The lowest BCUT2D eigenvalue weighted by molar-refractivity contribution is 0.906. The average molecular weight is 177 g/mol. The van der Waals surface area contributed by atoms with E-state index in [1.54, 1.807) is 6.33 Å². The monoisotopic (exact) mass is 177 g/mol. The number of anilines is 1. The minimum atomic E-state index is 0.989. The van der Waals surface area contributed by atoms with Crippen molar-refractivity contribution in [2.75, 3.05) is 18.0 Å². The van der Waals surface area contributed by atoms with Crippen LogP contribution in [0.25, 0.3) is 0 Å². The molecule has 0 radical (unpaired) electrons. The number of hydrogen-bond acceptors (Lipinski definition) is 3. The first-order valence-corrected chi connectivity index (χ1v) is 4.96. The number of nitrogens with zero attached hydrogens (tertiary/aromatic N) is 3. The molecule has 1 aliphatic heterocycles. The fraction of sp³-hybridized carbons (Fsp3) is 0.600. The number of hydrogen-bond donors (Lipinski definition) is 0. The molecule has 3 heteroatoms. The summed E-state index contributed by atoms with van der Waals surface area (Å²) < 4.78 is 0. The van der Waals surface area contributed by atoms with Gasteiger partial charge in [-0.2, -0.15) is 0 Å². The summed E-state index contributed by atoms with van der Waals surface area (Å²) in [6.45, 7) is 4.43. The van der Waals surface area contributed by atoms with E-state index in [9.17, 15) is 0 Å².